The molecule has 0 aliphatic carbocycles. The first-order chi connectivity index (χ1) is 22.0. The number of hydrogen-bond donors (Lipinski definition) is 3. The van der Waals surface area contributed by atoms with Crippen LogP contribution in [0.15, 0.2) is 102 Å². The fourth-order valence-electron chi connectivity index (χ4n) is 5.21. The summed E-state index contributed by atoms with van der Waals surface area (Å²) >= 11 is 1.66. The number of carboxylic acid groups (broad SMARTS) is 1. The Morgan fingerprint density at radius 2 is 1.62 bits per heavy atom. The molecule has 1 aromatic heterocycles. The topological polar surface area (TPSA) is 118 Å². The van der Waals surface area contributed by atoms with Gasteiger partial charge in [0.1, 0.15) is 0 Å². The number of aliphatic hydroxyl groups is 1. The van der Waals surface area contributed by atoms with Gasteiger partial charge in [0.2, 0.25) is 5.91 Å². The lowest BCUT2D eigenvalue weighted by Gasteiger charge is -2.36. The van der Waals surface area contributed by atoms with E-state index >= 15 is 0 Å². The Bertz CT molecular complexity index is 1550. The second-order valence-corrected chi connectivity index (χ2v) is 12.1. The zero-order valence-electron chi connectivity index (χ0n) is 25.0. The van der Waals surface area contributed by atoms with Crippen LogP contribution < -0.4 is 5.32 Å². The van der Waals surface area contributed by atoms with Crippen LogP contribution >= 0.6 is 11.8 Å². The SMILES string of the molecule is O=C(O)CCCCC(=O)NCc1cccc(-c2cccc([C@@H]3O[C@H](CSc4ccccn4)C[C@H](c4ccc(CO)cc4)O3)c2)c1. The van der Waals surface area contributed by atoms with Gasteiger partial charge in [0.25, 0.3) is 0 Å². The largest absolute Gasteiger partial charge is 0.481 e. The fraction of sp³-hybridized carbons (Fsp3) is 0.306. The van der Waals surface area contributed by atoms with Gasteiger partial charge in [-0.15, -0.1) is 11.8 Å². The number of thioether (sulfide) groups is 1. The van der Waals surface area contributed by atoms with E-state index in [0.29, 0.717) is 32.2 Å². The Kier molecular flexibility index (Phi) is 11.8. The minimum atomic E-state index is -0.842. The highest BCUT2D eigenvalue weighted by Gasteiger charge is 2.32. The maximum atomic E-state index is 12.2. The summed E-state index contributed by atoms with van der Waals surface area (Å²) in [6.45, 7) is 0.391. The first-order valence-corrected chi connectivity index (χ1v) is 16.2. The van der Waals surface area contributed by atoms with E-state index in [1.54, 1.807) is 18.0 Å². The van der Waals surface area contributed by atoms with Crippen molar-refractivity contribution in [3.63, 3.8) is 0 Å². The fourth-order valence-corrected chi connectivity index (χ4v) is 6.09. The average molecular weight is 627 g/mol. The van der Waals surface area contributed by atoms with Crippen LogP contribution in [-0.4, -0.2) is 38.9 Å². The van der Waals surface area contributed by atoms with Crippen LogP contribution in [-0.2, 0) is 32.2 Å². The van der Waals surface area contributed by atoms with Gasteiger partial charge < -0.3 is 25.0 Å². The van der Waals surface area contributed by atoms with Gasteiger partial charge in [-0.05, 0) is 64.9 Å². The van der Waals surface area contributed by atoms with Crippen LogP contribution in [0.25, 0.3) is 11.1 Å². The Labute approximate surface area is 267 Å². The third kappa shape index (κ3) is 9.73. The smallest absolute Gasteiger partial charge is 0.303 e. The molecule has 9 heteroatoms. The molecule has 5 rings (SSSR count). The van der Waals surface area contributed by atoms with Gasteiger partial charge in [-0.1, -0.05) is 66.7 Å². The van der Waals surface area contributed by atoms with E-state index in [1.165, 1.54) is 0 Å². The molecule has 3 N–H and O–H groups in total. The molecule has 1 fully saturated rings. The third-order valence-corrected chi connectivity index (χ3v) is 8.70. The maximum Gasteiger partial charge on any atom is 0.303 e. The minimum Gasteiger partial charge on any atom is -0.481 e. The predicted octanol–water partition coefficient (Wildman–Crippen LogP) is 6.84. The molecule has 0 saturated carbocycles. The van der Waals surface area contributed by atoms with Crippen molar-refractivity contribution in [2.45, 2.75) is 68.8 Å². The molecule has 1 aliphatic heterocycles. The number of pyridine rings is 1. The zero-order valence-corrected chi connectivity index (χ0v) is 25.8. The predicted molar refractivity (Wildman–Crippen MR) is 173 cm³/mol. The number of carbonyl (C=O) groups is 2. The number of aliphatic hydroxyl groups excluding tert-OH is 1. The van der Waals surface area contributed by atoms with Crippen molar-refractivity contribution in [3.8, 4) is 11.1 Å². The Hall–Kier alpha value is -4.02. The molecular weight excluding hydrogens is 588 g/mol. The number of carboxylic acids is 1. The normalized spacial score (nSPS) is 17.9. The number of rotatable bonds is 14. The molecule has 4 aromatic rings. The van der Waals surface area contributed by atoms with Gasteiger partial charge in [0.05, 0.1) is 23.8 Å². The molecule has 1 amide bonds. The van der Waals surface area contributed by atoms with Crippen molar-refractivity contribution in [2.24, 2.45) is 0 Å². The number of hydrogen-bond acceptors (Lipinski definition) is 7. The summed E-state index contributed by atoms with van der Waals surface area (Å²) in [6, 6.07) is 30.0. The van der Waals surface area contributed by atoms with Crippen molar-refractivity contribution < 1.29 is 29.3 Å². The lowest BCUT2D eigenvalue weighted by Crippen LogP contribution is -2.31. The van der Waals surface area contributed by atoms with Crippen LogP contribution in [0, 0.1) is 0 Å². The van der Waals surface area contributed by atoms with E-state index in [2.05, 4.69) is 22.4 Å². The number of ether oxygens (including phenoxy) is 2. The van der Waals surface area contributed by atoms with Crippen LogP contribution in [0.3, 0.4) is 0 Å². The summed E-state index contributed by atoms with van der Waals surface area (Å²) in [4.78, 5) is 27.4. The minimum absolute atomic E-state index is 0.00413. The molecule has 2 heterocycles. The summed E-state index contributed by atoms with van der Waals surface area (Å²) in [5, 5.41) is 22.2. The van der Waals surface area contributed by atoms with E-state index in [4.69, 9.17) is 14.6 Å². The van der Waals surface area contributed by atoms with E-state index < -0.39 is 12.3 Å². The lowest BCUT2D eigenvalue weighted by atomic mass is 9.99. The standard InChI is InChI=1S/C36H38N2O6S/c39-23-25-14-16-27(17-15-25)32-21-31(24-45-34-12-3-4-18-37-34)43-36(44-32)30-10-6-9-29(20-30)28-8-5-7-26(19-28)22-38-33(40)11-1-2-13-35(41)42/h3-10,12,14-20,31-32,36,39H,1-2,11,13,21-24H2,(H,38,40)(H,41,42)/t31-,32+,36+/m0/s1. The van der Waals surface area contributed by atoms with Gasteiger partial charge in [0, 0.05) is 43.3 Å². The molecule has 0 bridgehead atoms. The van der Waals surface area contributed by atoms with Gasteiger partial charge in [-0.2, -0.15) is 0 Å². The number of amides is 1. The van der Waals surface area contributed by atoms with E-state index in [-0.39, 0.29) is 31.1 Å². The number of nitrogens with one attached hydrogen (secondary N) is 1. The summed E-state index contributed by atoms with van der Waals surface area (Å²) in [6.07, 6.45) is 3.10. The average Bonchev–Trinajstić information content (AvgIpc) is 3.09. The van der Waals surface area contributed by atoms with Gasteiger partial charge in [-0.25, -0.2) is 4.98 Å². The molecule has 45 heavy (non-hydrogen) atoms. The highest BCUT2D eigenvalue weighted by Crippen LogP contribution is 2.40. The summed E-state index contributed by atoms with van der Waals surface area (Å²) in [5.74, 6) is -0.198. The number of aliphatic carboxylic acids is 1. The van der Waals surface area contributed by atoms with Crippen molar-refractivity contribution in [2.75, 3.05) is 5.75 Å². The number of carbonyl (C=O) groups excluding carboxylic acids is 1. The van der Waals surface area contributed by atoms with Crippen molar-refractivity contribution in [1.82, 2.24) is 10.3 Å². The lowest BCUT2D eigenvalue weighted by molar-refractivity contribution is -0.245. The molecule has 1 aliphatic rings. The van der Waals surface area contributed by atoms with Gasteiger partial charge in [-0.3, -0.25) is 9.59 Å². The van der Waals surface area contributed by atoms with Crippen molar-refractivity contribution in [3.05, 3.63) is 119 Å². The second-order valence-electron chi connectivity index (χ2n) is 11.0. The monoisotopic (exact) mass is 626 g/mol. The van der Waals surface area contributed by atoms with E-state index in [0.717, 1.165) is 44.2 Å². The molecule has 1 saturated heterocycles. The Morgan fingerprint density at radius 3 is 2.38 bits per heavy atom. The molecule has 0 unspecified atom stereocenters. The summed E-state index contributed by atoms with van der Waals surface area (Å²) in [5.41, 5.74) is 5.81. The summed E-state index contributed by atoms with van der Waals surface area (Å²) < 4.78 is 13.1. The molecular formula is C36H38N2O6S. The maximum absolute atomic E-state index is 12.2. The van der Waals surface area contributed by atoms with Crippen molar-refractivity contribution >= 4 is 23.6 Å². The Morgan fingerprint density at radius 1 is 0.844 bits per heavy atom. The van der Waals surface area contributed by atoms with Crippen molar-refractivity contribution in [1.29, 1.82) is 0 Å². The molecule has 3 aromatic carbocycles. The van der Waals surface area contributed by atoms with E-state index in [9.17, 15) is 14.7 Å². The Balaban J connectivity index is 1.28. The zero-order chi connectivity index (χ0) is 31.4. The van der Waals surface area contributed by atoms with Crippen LogP contribution in [0.1, 0.15) is 66.8 Å². The van der Waals surface area contributed by atoms with Gasteiger partial charge >= 0.3 is 5.97 Å². The quantitative estimate of drug-likeness (QED) is 0.103. The van der Waals surface area contributed by atoms with Crippen LogP contribution in [0.2, 0.25) is 0 Å². The first kappa shape index (κ1) is 32.4. The molecule has 234 valence electrons. The summed E-state index contributed by atoms with van der Waals surface area (Å²) in [7, 11) is 0. The molecule has 3 atom stereocenters. The number of nitrogens with zero attached hydrogens (tertiary/aromatic N) is 1. The third-order valence-electron chi connectivity index (χ3n) is 7.62. The second kappa shape index (κ2) is 16.3. The first-order valence-electron chi connectivity index (χ1n) is 15.2. The number of benzene rings is 3. The molecule has 0 radical (unpaired) electrons. The molecule has 8 nitrogen and oxygen atoms in total. The van der Waals surface area contributed by atoms with Crippen LogP contribution in [0.5, 0.6) is 0 Å². The molecule has 0 spiro atoms. The van der Waals surface area contributed by atoms with Crippen LogP contribution in [0.4, 0.5) is 0 Å². The highest BCUT2D eigenvalue weighted by atomic mass is 32.2. The highest BCUT2D eigenvalue weighted by molar-refractivity contribution is 7.99. The van der Waals surface area contributed by atoms with Gasteiger partial charge in [0.15, 0.2) is 6.29 Å². The number of aromatic nitrogens is 1. The van der Waals surface area contributed by atoms with E-state index in [1.807, 2.05) is 78.9 Å². The number of unbranched alkanes of at least 4 members (excludes halogenated alkanes) is 1.